The predicted molar refractivity (Wildman–Crippen MR) is 47.5 cm³/mol. The Morgan fingerprint density at radius 2 is 2.23 bits per heavy atom. The smallest absolute Gasteiger partial charge is 0.407 e. The lowest BCUT2D eigenvalue weighted by molar-refractivity contribution is -0.0153. The van der Waals surface area contributed by atoms with Crippen molar-refractivity contribution in [1.29, 1.82) is 0 Å². The van der Waals surface area contributed by atoms with Gasteiger partial charge in [-0.3, -0.25) is 0 Å². The molecule has 0 aromatic carbocycles. The van der Waals surface area contributed by atoms with E-state index >= 15 is 0 Å². The fourth-order valence-electron chi connectivity index (χ4n) is 0.807. The number of carbonyl (C=O) groups excluding carboxylic acids is 1. The van der Waals surface area contributed by atoms with Crippen molar-refractivity contribution in [1.82, 2.24) is 5.32 Å². The second-order valence-corrected chi connectivity index (χ2v) is 3.00. The summed E-state index contributed by atoms with van der Waals surface area (Å²) in [7, 11) is 1.48. The molecule has 0 aliphatic heterocycles. The quantitative estimate of drug-likeness (QED) is 0.648. The summed E-state index contributed by atoms with van der Waals surface area (Å²) in [5.41, 5.74) is -1.05. The highest BCUT2D eigenvalue weighted by Gasteiger charge is 2.20. The van der Waals surface area contributed by atoms with Crippen molar-refractivity contribution in [2.24, 2.45) is 0 Å². The standard InChI is InChI=1S/C8H17NO4/c1-4-13-7(10)9-5-8(2,11)6-12-3/h11H,4-6H2,1-3H3,(H,9,10). The molecule has 0 spiro atoms. The van der Waals surface area contributed by atoms with Gasteiger partial charge in [0.15, 0.2) is 0 Å². The molecule has 5 heteroatoms. The molecule has 0 rings (SSSR count). The SMILES string of the molecule is CCOC(=O)NCC(C)(O)COC. The first-order valence-corrected chi connectivity index (χ1v) is 4.14. The van der Waals surface area contributed by atoms with E-state index < -0.39 is 11.7 Å². The van der Waals surface area contributed by atoms with Crippen LogP contribution in [0.4, 0.5) is 4.79 Å². The van der Waals surface area contributed by atoms with Gasteiger partial charge in [0.05, 0.1) is 19.8 Å². The number of hydrogen-bond donors (Lipinski definition) is 2. The van der Waals surface area contributed by atoms with Crippen molar-refractivity contribution in [2.75, 3.05) is 26.9 Å². The number of ether oxygens (including phenoxy) is 2. The Morgan fingerprint density at radius 1 is 1.62 bits per heavy atom. The number of alkyl carbamates (subject to hydrolysis) is 1. The van der Waals surface area contributed by atoms with Gasteiger partial charge >= 0.3 is 6.09 Å². The molecule has 0 aromatic heterocycles. The lowest BCUT2D eigenvalue weighted by atomic mass is 10.1. The van der Waals surface area contributed by atoms with E-state index in [2.05, 4.69) is 10.1 Å². The molecule has 1 amide bonds. The molecule has 13 heavy (non-hydrogen) atoms. The van der Waals surface area contributed by atoms with E-state index in [1.807, 2.05) is 0 Å². The molecule has 0 fully saturated rings. The van der Waals surface area contributed by atoms with E-state index in [4.69, 9.17) is 4.74 Å². The molecule has 1 unspecified atom stereocenters. The highest BCUT2D eigenvalue weighted by Crippen LogP contribution is 2.00. The highest BCUT2D eigenvalue weighted by atomic mass is 16.5. The Balaban J connectivity index is 3.67. The molecule has 0 aromatic rings. The number of nitrogens with one attached hydrogen (secondary N) is 1. The Morgan fingerprint density at radius 3 is 2.69 bits per heavy atom. The Kier molecular flexibility index (Phi) is 5.41. The van der Waals surface area contributed by atoms with Crippen LogP contribution in [-0.4, -0.2) is 43.7 Å². The average Bonchev–Trinajstić information content (AvgIpc) is 2.02. The van der Waals surface area contributed by atoms with E-state index in [0.717, 1.165) is 0 Å². The van der Waals surface area contributed by atoms with Gasteiger partial charge in [-0.25, -0.2) is 4.79 Å². The maximum absolute atomic E-state index is 10.8. The van der Waals surface area contributed by atoms with Gasteiger partial charge < -0.3 is 19.9 Å². The summed E-state index contributed by atoms with van der Waals surface area (Å²) < 4.78 is 9.37. The fraction of sp³-hybridized carbons (Fsp3) is 0.875. The zero-order valence-electron chi connectivity index (χ0n) is 8.29. The van der Waals surface area contributed by atoms with Gasteiger partial charge in [0, 0.05) is 7.11 Å². The molecular formula is C8H17NO4. The van der Waals surface area contributed by atoms with Crippen LogP contribution in [0.3, 0.4) is 0 Å². The molecular weight excluding hydrogens is 174 g/mol. The third kappa shape index (κ3) is 6.36. The molecule has 0 heterocycles. The zero-order valence-corrected chi connectivity index (χ0v) is 8.29. The van der Waals surface area contributed by atoms with Crippen LogP contribution in [0.25, 0.3) is 0 Å². The summed E-state index contributed by atoms with van der Waals surface area (Å²) in [6.07, 6.45) is -0.529. The molecule has 5 nitrogen and oxygen atoms in total. The summed E-state index contributed by atoms with van der Waals surface area (Å²) in [5, 5.41) is 12.0. The van der Waals surface area contributed by atoms with Gasteiger partial charge in [0.25, 0.3) is 0 Å². The van der Waals surface area contributed by atoms with E-state index in [1.54, 1.807) is 13.8 Å². The first kappa shape index (κ1) is 12.2. The fourth-order valence-corrected chi connectivity index (χ4v) is 0.807. The molecule has 0 aliphatic rings. The lowest BCUT2D eigenvalue weighted by Gasteiger charge is -2.22. The maximum Gasteiger partial charge on any atom is 0.407 e. The summed E-state index contributed by atoms with van der Waals surface area (Å²) in [6, 6.07) is 0. The number of amides is 1. The van der Waals surface area contributed by atoms with Crippen LogP contribution in [0, 0.1) is 0 Å². The highest BCUT2D eigenvalue weighted by molar-refractivity contribution is 5.67. The summed E-state index contributed by atoms with van der Waals surface area (Å²) in [6.45, 7) is 3.88. The number of aliphatic hydroxyl groups is 1. The second kappa shape index (κ2) is 5.77. The van der Waals surface area contributed by atoms with Crippen molar-refractivity contribution < 1.29 is 19.4 Å². The first-order valence-electron chi connectivity index (χ1n) is 4.14. The third-order valence-corrected chi connectivity index (χ3v) is 1.34. The van der Waals surface area contributed by atoms with E-state index in [9.17, 15) is 9.90 Å². The first-order chi connectivity index (χ1) is 6.02. The predicted octanol–water partition coefficient (Wildman–Crippen LogP) is 0.130. The van der Waals surface area contributed by atoms with Crippen LogP contribution in [0.1, 0.15) is 13.8 Å². The number of hydrogen-bond acceptors (Lipinski definition) is 4. The average molecular weight is 191 g/mol. The monoisotopic (exact) mass is 191 g/mol. The van der Waals surface area contributed by atoms with E-state index in [0.29, 0.717) is 6.61 Å². The number of carbonyl (C=O) groups is 1. The van der Waals surface area contributed by atoms with Gasteiger partial charge in [0.1, 0.15) is 5.60 Å². The van der Waals surface area contributed by atoms with Gasteiger partial charge in [-0.05, 0) is 13.8 Å². The molecule has 0 bridgehead atoms. The molecule has 0 saturated heterocycles. The van der Waals surface area contributed by atoms with Crippen LogP contribution in [0.15, 0.2) is 0 Å². The Labute approximate surface area is 78.0 Å². The molecule has 0 saturated carbocycles. The molecule has 0 aliphatic carbocycles. The lowest BCUT2D eigenvalue weighted by Crippen LogP contribution is -2.43. The minimum absolute atomic E-state index is 0.111. The number of rotatable bonds is 5. The molecule has 1 atom stereocenters. The van der Waals surface area contributed by atoms with Gasteiger partial charge in [-0.2, -0.15) is 0 Å². The maximum atomic E-state index is 10.8. The minimum Gasteiger partial charge on any atom is -0.450 e. The zero-order chi connectivity index (χ0) is 10.3. The molecule has 0 radical (unpaired) electrons. The van der Waals surface area contributed by atoms with Crippen LogP contribution >= 0.6 is 0 Å². The van der Waals surface area contributed by atoms with Crippen molar-refractivity contribution >= 4 is 6.09 Å². The van der Waals surface area contributed by atoms with Gasteiger partial charge in [-0.1, -0.05) is 0 Å². The number of methoxy groups -OCH3 is 1. The summed E-state index contributed by atoms with van der Waals surface area (Å²) in [4.78, 5) is 10.8. The van der Waals surface area contributed by atoms with Gasteiger partial charge in [-0.15, -0.1) is 0 Å². The van der Waals surface area contributed by atoms with Crippen molar-refractivity contribution in [3.63, 3.8) is 0 Å². The van der Waals surface area contributed by atoms with Crippen LogP contribution in [0.2, 0.25) is 0 Å². The second-order valence-electron chi connectivity index (χ2n) is 3.00. The van der Waals surface area contributed by atoms with Crippen LogP contribution in [-0.2, 0) is 9.47 Å². The summed E-state index contributed by atoms with van der Waals surface area (Å²) >= 11 is 0. The van der Waals surface area contributed by atoms with E-state index in [1.165, 1.54) is 7.11 Å². The summed E-state index contributed by atoms with van der Waals surface area (Å²) in [5.74, 6) is 0. The normalized spacial score (nSPS) is 14.8. The molecule has 78 valence electrons. The molecule has 2 N–H and O–H groups in total. The third-order valence-electron chi connectivity index (χ3n) is 1.34. The van der Waals surface area contributed by atoms with Crippen LogP contribution in [0.5, 0.6) is 0 Å². The van der Waals surface area contributed by atoms with Gasteiger partial charge in [0.2, 0.25) is 0 Å². The Bertz CT molecular complexity index is 158. The topological polar surface area (TPSA) is 67.8 Å². The largest absolute Gasteiger partial charge is 0.450 e. The van der Waals surface area contributed by atoms with Crippen molar-refractivity contribution in [3.8, 4) is 0 Å². The van der Waals surface area contributed by atoms with Crippen LogP contribution < -0.4 is 5.32 Å². The van der Waals surface area contributed by atoms with Crippen molar-refractivity contribution in [3.05, 3.63) is 0 Å². The Hall–Kier alpha value is -0.810. The minimum atomic E-state index is -1.05. The van der Waals surface area contributed by atoms with E-state index in [-0.39, 0.29) is 13.2 Å². The van der Waals surface area contributed by atoms with Crippen molar-refractivity contribution in [2.45, 2.75) is 19.4 Å².